The van der Waals surface area contributed by atoms with Crippen LogP contribution in [0.4, 0.5) is 0 Å². The Morgan fingerprint density at radius 2 is 2.60 bits per heavy atom. The first-order valence-electron chi connectivity index (χ1n) is 2.89. The third-order valence-electron chi connectivity index (χ3n) is 1.51. The first-order valence-corrected chi connectivity index (χ1v) is 3.94. The molecule has 48 valence electrons. The summed E-state index contributed by atoms with van der Waals surface area (Å²) in [6.45, 7) is 0. The van der Waals surface area contributed by atoms with E-state index in [1.54, 1.807) is 16.7 Å². The molecule has 0 saturated carbocycles. The zero-order valence-corrected chi connectivity index (χ0v) is 8.65. The molecule has 2 heterocycles. The van der Waals surface area contributed by atoms with E-state index in [0.717, 1.165) is 5.75 Å². The fraction of sp³-hybridized carbons (Fsp3) is 0.500. The van der Waals surface area contributed by atoms with Crippen molar-refractivity contribution in [3.63, 3.8) is 0 Å². The van der Waals surface area contributed by atoms with Crippen molar-refractivity contribution in [1.82, 2.24) is 4.90 Å². The van der Waals surface area contributed by atoms with Crippen LogP contribution in [0.3, 0.4) is 0 Å². The van der Waals surface area contributed by atoms with Gasteiger partial charge in [0.1, 0.15) is 0 Å². The number of β-lactam (4-membered cyclic amide) rings is 1. The summed E-state index contributed by atoms with van der Waals surface area (Å²) in [7, 11) is 0. The van der Waals surface area contributed by atoms with Crippen molar-refractivity contribution < 1.29 is 34.4 Å². The molecule has 1 saturated heterocycles. The van der Waals surface area contributed by atoms with E-state index in [9.17, 15) is 4.79 Å². The summed E-state index contributed by atoms with van der Waals surface area (Å²) in [6.07, 6.45) is 5.52. The molecule has 1 amide bonds. The molecule has 0 spiro atoms. The van der Waals surface area contributed by atoms with Gasteiger partial charge in [-0.25, -0.2) is 0 Å². The van der Waals surface area contributed by atoms with E-state index in [1.165, 1.54) is 0 Å². The third kappa shape index (κ3) is 1.28. The minimum absolute atomic E-state index is 0. The zero-order chi connectivity index (χ0) is 6.27. The Labute approximate surface area is 86.3 Å². The van der Waals surface area contributed by atoms with Crippen LogP contribution < -0.4 is 29.6 Å². The summed E-state index contributed by atoms with van der Waals surface area (Å²) in [5, 5.41) is 0.419. The Balaban J connectivity index is 0.000000500. The van der Waals surface area contributed by atoms with Crippen molar-refractivity contribution in [1.29, 1.82) is 0 Å². The molecule has 0 radical (unpaired) electrons. The van der Waals surface area contributed by atoms with Crippen LogP contribution in [0.15, 0.2) is 6.08 Å². The molecule has 0 aromatic rings. The first kappa shape index (κ1) is 8.65. The average molecular weight is 163 g/mol. The predicted octanol–water partition coefficient (Wildman–Crippen LogP) is -2.39. The minimum atomic E-state index is 0. The zero-order valence-electron chi connectivity index (χ0n) is 5.83. The van der Waals surface area contributed by atoms with Crippen LogP contribution >= 0.6 is 11.8 Å². The number of hydrogen-bond donors (Lipinski definition) is 0. The average Bonchev–Trinajstić information content (AvgIpc) is 1.86. The number of carbonyl (C=O) groups is 1. The fourth-order valence-corrected chi connectivity index (χ4v) is 1.95. The molecule has 2 rings (SSSR count). The molecule has 0 aromatic heterocycles. The van der Waals surface area contributed by atoms with Gasteiger partial charge < -0.3 is 9.69 Å². The van der Waals surface area contributed by atoms with Crippen LogP contribution in [-0.4, -0.2) is 21.9 Å². The Morgan fingerprint density at radius 3 is 3.10 bits per heavy atom. The predicted molar refractivity (Wildman–Crippen MR) is 35.5 cm³/mol. The van der Waals surface area contributed by atoms with Gasteiger partial charge in [-0.05, 0) is 12.2 Å². The van der Waals surface area contributed by atoms with Gasteiger partial charge in [-0.1, -0.05) is 0 Å². The molecule has 0 aliphatic carbocycles. The molecule has 2 aliphatic rings. The van der Waals surface area contributed by atoms with E-state index in [1.807, 2.05) is 6.08 Å². The van der Waals surface area contributed by atoms with Crippen molar-refractivity contribution >= 4 is 17.7 Å². The number of thioether (sulfide) groups is 1. The van der Waals surface area contributed by atoms with Gasteiger partial charge in [-0.3, -0.25) is 0 Å². The van der Waals surface area contributed by atoms with Crippen molar-refractivity contribution in [3.05, 3.63) is 12.3 Å². The SMILES string of the molecule is O=C1C[C@@H]2SCC=[C-]N12.[Na+]. The van der Waals surface area contributed by atoms with E-state index in [0.29, 0.717) is 11.8 Å². The molecule has 10 heavy (non-hydrogen) atoms. The molecule has 1 atom stereocenters. The summed E-state index contributed by atoms with van der Waals surface area (Å²) >= 11 is 1.80. The number of nitrogens with zero attached hydrogens (tertiary/aromatic N) is 1. The van der Waals surface area contributed by atoms with Gasteiger partial charge in [0.05, 0.1) is 5.91 Å². The van der Waals surface area contributed by atoms with Crippen LogP contribution in [0.25, 0.3) is 0 Å². The van der Waals surface area contributed by atoms with Gasteiger partial charge in [-0.2, -0.15) is 6.20 Å². The van der Waals surface area contributed by atoms with E-state index in [4.69, 9.17) is 0 Å². The Morgan fingerprint density at radius 1 is 1.80 bits per heavy atom. The van der Waals surface area contributed by atoms with Gasteiger partial charge in [0.15, 0.2) is 0 Å². The topological polar surface area (TPSA) is 20.3 Å². The van der Waals surface area contributed by atoms with E-state index < -0.39 is 0 Å². The normalized spacial score (nSPS) is 28.6. The standard InChI is InChI=1S/C6H6NOS.Na/c8-5-4-6-7(5)2-1-3-9-6;/h1,6H,3-4H2;/q-1;+1/t6-;/m0./s1. The third-order valence-corrected chi connectivity index (χ3v) is 2.63. The van der Waals surface area contributed by atoms with Crippen molar-refractivity contribution in [3.8, 4) is 0 Å². The molecule has 0 bridgehead atoms. The second kappa shape index (κ2) is 3.30. The molecule has 2 aliphatic heterocycles. The number of carbonyl (C=O) groups excluding carboxylic acids is 1. The summed E-state index contributed by atoms with van der Waals surface area (Å²) in [4.78, 5) is 12.4. The van der Waals surface area contributed by atoms with Crippen LogP contribution in [0.5, 0.6) is 0 Å². The second-order valence-corrected chi connectivity index (χ2v) is 3.30. The maximum atomic E-state index is 10.7. The molecule has 1 fully saturated rings. The molecule has 0 aromatic carbocycles. The summed E-state index contributed by atoms with van der Waals surface area (Å²) in [5.74, 6) is 1.22. The summed E-state index contributed by atoms with van der Waals surface area (Å²) < 4.78 is 0. The number of rotatable bonds is 0. The smallest absolute Gasteiger partial charge is 0.473 e. The Bertz CT molecular complexity index is 183. The monoisotopic (exact) mass is 163 g/mol. The number of amides is 1. The van der Waals surface area contributed by atoms with Gasteiger partial charge in [-0.15, -0.1) is 17.8 Å². The van der Waals surface area contributed by atoms with Gasteiger partial charge in [0.2, 0.25) is 0 Å². The Hall–Kier alpha value is 0.560. The Kier molecular flexibility index (Phi) is 2.86. The van der Waals surface area contributed by atoms with Gasteiger partial charge in [0, 0.05) is 5.37 Å². The van der Waals surface area contributed by atoms with Crippen LogP contribution in [-0.2, 0) is 4.79 Å². The second-order valence-electron chi connectivity index (χ2n) is 2.09. The van der Waals surface area contributed by atoms with Crippen LogP contribution in [0.1, 0.15) is 6.42 Å². The largest absolute Gasteiger partial charge is 1.00 e. The van der Waals surface area contributed by atoms with Crippen LogP contribution in [0.2, 0.25) is 0 Å². The summed E-state index contributed by atoms with van der Waals surface area (Å²) in [5.41, 5.74) is 0. The molecule has 0 unspecified atom stereocenters. The van der Waals surface area contributed by atoms with Gasteiger partial charge >= 0.3 is 29.6 Å². The van der Waals surface area contributed by atoms with Crippen molar-refractivity contribution in [2.45, 2.75) is 11.8 Å². The van der Waals surface area contributed by atoms with E-state index >= 15 is 0 Å². The van der Waals surface area contributed by atoms with E-state index in [-0.39, 0.29) is 35.5 Å². The summed E-state index contributed by atoms with van der Waals surface area (Å²) in [6, 6.07) is 0. The fourth-order valence-electron chi connectivity index (χ4n) is 0.971. The number of hydrogen-bond acceptors (Lipinski definition) is 2. The van der Waals surface area contributed by atoms with Gasteiger partial charge in [0.25, 0.3) is 0 Å². The quantitative estimate of drug-likeness (QED) is 0.226. The molecular weight excluding hydrogens is 157 g/mol. The maximum Gasteiger partial charge on any atom is 1.00 e. The molecule has 4 heteroatoms. The number of fused-ring (bicyclic) bond motifs is 1. The molecule has 2 nitrogen and oxygen atoms in total. The van der Waals surface area contributed by atoms with Crippen molar-refractivity contribution in [2.75, 3.05) is 5.75 Å². The molecule has 0 N–H and O–H groups in total. The maximum absolute atomic E-state index is 10.7. The minimum Gasteiger partial charge on any atom is -0.473 e. The molecular formula is C6H6NNaOS. The van der Waals surface area contributed by atoms with Crippen LogP contribution in [0, 0.1) is 6.20 Å². The first-order chi connectivity index (χ1) is 4.38. The van der Waals surface area contributed by atoms with Crippen molar-refractivity contribution in [2.24, 2.45) is 0 Å². The van der Waals surface area contributed by atoms with E-state index in [2.05, 4.69) is 6.20 Å².